The number of carbonyl (C=O) groups is 2. The Balaban J connectivity index is 1.59. The van der Waals surface area contributed by atoms with Gasteiger partial charge in [-0.3, -0.25) is 9.59 Å². The number of amides is 2. The Bertz CT molecular complexity index is 1660. The fraction of sp³-hybridized carbons (Fsp3) is 0.222. The molecule has 1 unspecified atom stereocenters. The van der Waals surface area contributed by atoms with Crippen LogP contribution in [-0.4, -0.2) is 41.2 Å². The Hall–Kier alpha value is -4.10. The average molecular weight is 578 g/mol. The Morgan fingerprint density at radius 1 is 1.15 bits per heavy atom. The van der Waals surface area contributed by atoms with Crippen LogP contribution in [0.1, 0.15) is 27.9 Å². The molecule has 7 nitrogen and oxygen atoms in total. The number of pyridine rings is 1. The van der Waals surface area contributed by atoms with Crippen LogP contribution in [0.3, 0.4) is 0 Å². The minimum Gasteiger partial charge on any atom is -0.489 e. The molecule has 40 heavy (non-hydrogen) atoms. The topological polar surface area (TPSA) is 115 Å². The van der Waals surface area contributed by atoms with Crippen molar-refractivity contribution in [1.29, 1.82) is 0 Å². The van der Waals surface area contributed by atoms with Crippen molar-refractivity contribution in [3.63, 3.8) is 0 Å². The summed E-state index contributed by atoms with van der Waals surface area (Å²) in [5, 5.41) is 13.5. The SMILES string of the molecule is C[C@]1(C(N)=O)COc2c1cc(C(O)(CNC(=O)c1cc3cccc(F)c3s1)C(F)(F)F)nc2-c1ccc(F)cc1. The number of ether oxygens (including phenoxy) is 1. The molecule has 0 bridgehead atoms. The molecule has 1 aliphatic heterocycles. The van der Waals surface area contributed by atoms with Crippen molar-refractivity contribution in [1.82, 2.24) is 10.3 Å². The van der Waals surface area contributed by atoms with Crippen LogP contribution < -0.4 is 15.8 Å². The van der Waals surface area contributed by atoms with Gasteiger partial charge in [-0.15, -0.1) is 11.3 Å². The molecule has 5 rings (SSSR count). The van der Waals surface area contributed by atoms with Gasteiger partial charge in [0.15, 0.2) is 0 Å². The van der Waals surface area contributed by atoms with E-state index in [1.165, 1.54) is 37.3 Å². The second-order valence-corrected chi connectivity index (χ2v) is 10.6. The first-order valence-corrected chi connectivity index (χ1v) is 12.6. The fourth-order valence-electron chi connectivity index (χ4n) is 4.37. The molecule has 208 valence electrons. The number of nitrogens with one attached hydrogen (secondary N) is 1. The number of nitrogens with two attached hydrogens (primary N) is 1. The highest BCUT2D eigenvalue weighted by atomic mass is 32.1. The first kappa shape index (κ1) is 27.5. The highest BCUT2D eigenvalue weighted by Crippen LogP contribution is 2.47. The molecular formula is C27H20F5N3O4S. The molecule has 13 heteroatoms. The van der Waals surface area contributed by atoms with Crippen molar-refractivity contribution in [2.24, 2.45) is 5.73 Å². The molecule has 1 aliphatic rings. The number of hydrogen-bond donors (Lipinski definition) is 3. The van der Waals surface area contributed by atoms with Gasteiger partial charge in [0.1, 0.15) is 35.1 Å². The van der Waals surface area contributed by atoms with Gasteiger partial charge in [0, 0.05) is 11.1 Å². The molecule has 2 atom stereocenters. The van der Waals surface area contributed by atoms with Crippen LogP contribution in [0.5, 0.6) is 5.75 Å². The Morgan fingerprint density at radius 2 is 1.85 bits per heavy atom. The predicted molar refractivity (Wildman–Crippen MR) is 136 cm³/mol. The van der Waals surface area contributed by atoms with E-state index in [-0.39, 0.29) is 38.8 Å². The molecule has 0 radical (unpaired) electrons. The second-order valence-electron chi connectivity index (χ2n) is 9.53. The molecule has 2 aromatic heterocycles. The number of rotatable bonds is 6. The zero-order chi connectivity index (χ0) is 29.0. The monoisotopic (exact) mass is 577 g/mol. The Labute approximate surface area is 227 Å². The summed E-state index contributed by atoms with van der Waals surface area (Å²) in [4.78, 5) is 29.1. The molecule has 4 aromatic rings. The van der Waals surface area contributed by atoms with Gasteiger partial charge in [-0.25, -0.2) is 13.8 Å². The lowest BCUT2D eigenvalue weighted by molar-refractivity contribution is -0.265. The van der Waals surface area contributed by atoms with E-state index < -0.39 is 52.9 Å². The highest BCUT2D eigenvalue weighted by molar-refractivity contribution is 7.20. The zero-order valence-electron chi connectivity index (χ0n) is 20.6. The van der Waals surface area contributed by atoms with E-state index in [9.17, 15) is 36.6 Å². The average Bonchev–Trinajstić information content (AvgIpc) is 3.50. The van der Waals surface area contributed by atoms with Gasteiger partial charge in [-0.05, 0) is 54.8 Å². The number of carbonyl (C=O) groups excluding carboxylic acids is 2. The van der Waals surface area contributed by atoms with E-state index in [4.69, 9.17) is 10.5 Å². The van der Waals surface area contributed by atoms with Gasteiger partial charge in [0.25, 0.3) is 5.91 Å². The van der Waals surface area contributed by atoms with Crippen molar-refractivity contribution in [3.8, 4) is 17.0 Å². The largest absolute Gasteiger partial charge is 0.489 e. The third-order valence-corrected chi connectivity index (χ3v) is 8.01. The third kappa shape index (κ3) is 4.44. The summed E-state index contributed by atoms with van der Waals surface area (Å²) in [5.74, 6) is -3.13. The van der Waals surface area contributed by atoms with Crippen LogP contribution in [0.25, 0.3) is 21.3 Å². The smallest absolute Gasteiger partial charge is 0.424 e. The summed E-state index contributed by atoms with van der Waals surface area (Å²) in [6.45, 7) is -0.302. The summed E-state index contributed by atoms with van der Waals surface area (Å²) in [5.41, 5.74) is -0.806. The first-order valence-electron chi connectivity index (χ1n) is 11.7. The normalized spacial score (nSPS) is 18.2. The molecule has 0 saturated carbocycles. The molecule has 0 fully saturated rings. The lowest BCUT2D eigenvalue weighted by Gasteiger charge is -2.31. The molecular weight excluding hydrogens is 557 g/mol. The number of primary amides is 1. The van der Waals surface area contributed by atoms with Gasteiger partial charge in [-0.2, -0.15) is 13.2 Å². The molecule has 2 amide bonds. The number of nitrogens with zero attached hydrogens (tertiary/aromatic N) is 1. The number of benzene rings is 2. The summed E-state index contributed by atoms with van der Waals surface area (Å²) < 4.78 is 76.9. The van der Waals surface area contributed by atoms with Crippen LogP contribution in [0.4, 0.5) is 22.0 Å². The van der Waals surface area contributed by atoms with Crippen molar-refractivity contribution in [3.05, 3.63) is 82.4 Å². The standard InChI is InChI=1S/C27H20F5N3O4S/c1-25(24(33)37)12-39-21-16(25)10-19(35-20(21)13-5-7-15(28)8-6-13)26(38,27(30,31)32)11-34-23(36)18-9-14-3-2-4-17(29)22(14)40-18/h2-10,38H,11-12H2,1H3,(H2,33,37)(H,34,36)/t25-,26?/m0/s1. The quantitative estimate of drug-likeness (QED) is 0.291. The zero-order valence-corrected chi connectivity index (χ0v) is 21.4. The van der Waals surface area contributed by atoms with E-state index in [0.717, 1.165) is 29.5 Å². The van der Waals surface area contributed by atoms with Crippen molar-refractivity contribution in [2.75, 3.05) is 13.2 Å². The van der Waals surface area contributed by atoms with Crippen LogP contribution in [-0.2, 0) is 15.8 Å². The summed E-state index contributed by atoms with van der Waals surface area (Å²) in [6.07, 6.45) is -5.36. The van der Waals surface area contributed by atoms with E-state index in [1.807, 2.05) is 0 Å². The number of aromatic nitrogens is 1. The predicted octanol–water partition coefficient (Wildman–Crippen LogP) is 4.56. The molecule has 3 heterocycles. The van der Waals surface area contributed by atoms with Gasteiger partial charge in [0.05, 0.1) is 21.8 Å². The highest BCUT2D eigenvalue weighted by Gasteiger charge is 2.57. The van der Waals surface area contributed by atoms with Crippen molar-refractivity contribution in [2.45, 2.75) is 24.1 Å². The lowest BCUT2D eigenvalue weighted by Crippen LogP contribution is -2.51. The Morgan fingerprint density at radius 3 is 2.48 bits per heavy atom. The van der Waals surface area contributed by atoms with E-state index in [1.54, 1.807) is 6.07 Å². The van der Waals surface area contributed by atoms with Gasteiger partial charge in [-0.1, -0.05) is 12.1 Å². The number of halogens is 5. The summed E-state index contributed by atoms with van der Waals surface area (Å²) in [7, 11) is 0. The number of hydrogen-bond acceptors (Lipinski definition) is 6. The van der Waals surface area contributed by atoms with E-state index in [0.29, 0.717) is 5.39 Å². The fourth-order valence-corrected chi connectivity index (χ4v) is 5.35. The van der Waals surface area contributed by atoms with Crippen LogP contribution in [0.15, 0.2) is 54.6 Å². The molecule has 4 N–H and O–H groups in total. The Kier molecular flexibility index (Phi) is 6.54. The van der Waals surface area contributed by atoms with Gasteiger partial charge < -0.3 is 20.9 Å². The molecule has 0 saturated heterocycles. The van der Waals surface area contributed by atoms with Crippen LogP contribution >= 0.6 is 11.3 Å². The lowest BCUT2D eigenvalue weighted by atomic mass is 9.81. The van der Waals surface area contributed by atoms with Crippen LogP contribution in [0.2, 0.25) is 0 Å². The number of fused-ring (bicyclic) bond motifs is 2. The molecule has 2 aromatic carbocycles. The maximum Gasteiger partial charge on any atom is 0.424 e. The second kappa shape index (κ2) is 9.52. The molecule has 0 spiro atoms. The maximum absolute atomic E-state index is 14.5. The van der Waals surface area contributed by atoms with Crippen LogP contribution in [0, 0.1) is 11.6 Å². The minimum atomic E-state index is -5.36. The maximum atomic E-state index is 14.5. The number of alkyl halides is 3. The van der Waals surface area contributed by atoms with E-state index in [2.05, 4.69) is 10.3 Å². The first-order chi connectivity index (χ1) is 18.7. The van der Waals surface area contributed by atoms with Gasteiger partial charge >= 0.3 is 6.18 Å². The van der Waals surface area contributed by atoms with Crippen molar-refractivity contribution >= 4 is 33.2 Å². The number of thiophene rings is 1. The number of aliphatic hydroxyl groups is 1. The molecule has 0 aliphatic carbocycles. The summed E-state index contributed by atoms with van der Waals surface area (Å²) in [6, 6.07) is 11.0. The van der Waals surface area contributed by atoms with E-state index >= 15 is 0 Å². The van der Waals surface area contributed by atoms with Gasteiger partial charge in [0.2, 0.25) is 11.5 Å². The third-order valence-electron chi connectivity index (χ3n) is 6.85. The van der Waals surface area contributed by atoms with Crippen molar-refractivity contribution < 1.29 is 41.4 Å². The summed E-state index contributed by atoms with van der Waals surface area (Å²) >= 11 is 0.742. The minimum absolute atomic E-state index is 0.0440.